The molecule has 0 N–H and O–H groups in total. The normalized spacial score (nSPS) is 12.4. The first-order valence-electron chi connectivity index (χ1n) is 10.3. The Bertz CT molecular complexity index is 1210. The van der Waals surface area contributed by atoms with E-state index in [0.29, 0.717) is 5.56 Å². The molecule has 0 radical (unpaired) electrons. The smallest absolute Gasteiger partial charge is 0.399 e. The van der Waals surface area contributed by atoms with E-state index in [1.807, 2.05) is 18.2 Å². The van der Waals surface area contributed by atoms with Crippen molar-refractivity contribution in [3.05, 3.63) is 88.0 Å². The monoisotopic (exact) mass is 442 g/mol. The van der Waals surface area contributed by atoms with Crippen molar-refractivity contribution in [2.24, 2.45) is 0 Å². The minimum absolute atomic E-state index is 0.0824. The van der Waals surface area contributed by atoms with Crippen molar-refractivity contribution in [3.8, 4) is 28.7 Å². The quantitative estimate of drug-likeness (QED) is 0.314. The molecule has 0 saturated carbocycles. The minimum Gasteiger partial charge on any atom is -0.399 e. The molecule has 0 fully saturated rings. The summed E-state index contributed by atoms with van der Waals surface area (Å²) < 4.78 is 68.0. The highest BCUT2D eigenvalue weighted by molar-refractivity contribution is 5.74. The van der Waals surface area contributed by atoms with Crippen LogP contribution >= 0.6 is 0 Å². The van der Waals surface area contributed by atoms with Crippen molar-refractivity contribution >= 4 is 0 Å². The highest BCUT2D eigenvalue weighted by atomic mass is 19.4. The Kier molecular flexibility index (Phi) is 5.92. The Morgan fingerprint density at radius 2 is 1.41 bits per heavy atom. The molecule has 0 aliphatic heterocycles. The Morgan fingerprint density at radius 3 is 2.03 bits per heavy atom. The second-order valence-electron chi connectivity index (χ2n) is 7.68. The summed E-state index contributed by atoms with van der Waals surface area (Å²) in [5.41, 5.74) is 6.73. The van der Waals surface area contributed by atoms with E-state index in [1.54, 1.807) is 0 Å². The second-order valence-corrected chi connectivity index (χ2v) is 7.68. The molecule has 0 aromatic heterocycles. The Labute approximate surface area is 182 Å². The summed E-state index contributed by atoms with van der Waals surface area (Å²) in [7, 11) is 0. The topological polar surface area (TPSA) is 9.23 Å². The first-order valence-corrected chi connectivity index (χ1v) is 10.3. The van der Waals surface area contributed by atoms with E-state index in [-0.39, 0.29) is 5.56 Å². The number of halogens is 5. The molecule has 3 aromatic carbocycles. The summed E-state index contributed by atoms with van der Waals surface area (Å²) in [4.78, 5) is 0. The molecule has 32 heavy (non-hydrogen) atoms. The van der Waals surface area contributed by atoms with Gasteiger partial charge in [-0.05, 0) is 71.3 Å². The van der Waals surface area contributed by atoms with Gasteiger partial charge in [-0.3, -0.25) is 0 Å². The van der Waals surface area contributed by atoms with Crippen LogP contribution in [0.5, 0.6) is 5.75 Å². The van der Waals surface area contributed by atoms with Crippen molar-refractivity contribution in [1.82, 2.24) is 0 Å². The zero-order valence-electron chi connectivity index (χ0n) is 17.2. The molecule has 4 rings (SSSR count). The van der Waals surface area contributed by atoms with E-state index < -0.39 is 23.7 Å². The van der Waals surface area contributed by atoms with Gasteiger partial charge >= 0.3 is 6.36 Å². The number of aryl methyl sites for hydroxylation is 3. The minimum atomic E-state index is -5.19. The second kappa shape index (κ2) is 8.66. The zero-order chi connectivity index (χ0) is 22.9. The fraction of sp³-hybridized carbons (Fsp3) is 0.231. The van der Waals surface area contributed by atoms with Crippen LogP contribution < -0.4 is 4.74 Å². The number of hydrogen-bond acceptors (Lipinski definition) is 1. The molecular weight excluding hydrogens is 423 g/mol. The van der Waals surface area contributed by atoms with Crippen molar-refractivity contribution < 1.29 is 26.7 Å². The average Bonchev–Trinajstić information content (AvgIpc) is 2.74. The van der Waals surface area contributed by atoms with Crippen LogP contribution in [0.25, 0.3) is 11.1 Å². The third-order valence-corrected chi connectivity index (χ3v) is 5.33. The summed E-state index contributed by atoms with van der Waals surface area (Å²) in [5.74, 6) is 1.04. The summed E-state index contributed by atoms with van der Waals surface area (Å²) in [5, 5.41) is 0. The number of ether oxygens (including phenoxy) is 1. The van der Waals surface area contributed by atoms with E-state index in [1.165, 1.54) is 16.7 Å². The summed E-state index contributed by atoms with van der Waals surface area (Å²) in [6.45, 7) is 2.16. The Morgan fingerprint density at radius 1 is 0.812 bits per heavy atom. The van der Waals surface area contributed by atoms with E-state index in [4.69, 9.17) is 0 Å². The lowest BCUT2D eigenvalue weighted by Crippen LogP contribution is -2.19. The molecule has 0 unspecified atom stereocenters. The van der Waals surface area contributed by atoms with Crippen LogP contribution in [0, 0.1) is 23.5 Å². The van der Waals surface area contributed by atoms with Gasteiger partial charge in [0.05, 0.1) is 0 Å². The van der Waals surface area contributed by atoms with Crippen LogP contribution in [0.2, 0.25) is 0 Å². The molecule has 0 amide bonds. The summed E-state index contributed by atoms with van der Waals surface area (Å²) >= 11 is 0. The van der Waals surface area contributed by atoms with Crippen LogP contribution in [-0.2, 0) is 19.3 Å². The molecular formula is C26H19F5O. The Hall–Kier alpha value is -3.33. The lowest BCUT2D eigenvalue weighted by atomic mass is 9.84. The first-order chi connectivity index (χ1) is 15.2. The van der Waals surface area contributed by atoms with Crippen molar-refractivity contribution in [2.45, 2.75) is 39.0 Å². The third-order valence-electron chi connectivity index (χ3n) is 5.33. The first kappa shape index (κ1) is 21.9. The van der Waals surface area contributed by atoms with Crippen molar-refractivity contribution in [3.63, 3.8) is 0 Å². The van der Waals surface area contributed by atoms with Crippen molar-refractivity contribution in [1.29, 1.82) is 0 Å². The predicted octanol–water partition coefficient (Wildman–Crippen LogP) is 6.98. The van der Waals surface area contributed by atoms with Crippen LogP contribution in [0.15, 0.2) is 48.5 Å². The predicted molar refractivity (Wildman–Crippen MR) is 112 cm³/mol. The molecule has 0 atom stereocenters. The van der Waals surface area contributed by atoms with Crippen LogP contribution in [0.1, 0.15) is 41.2 Å². The van der Waals surface area contributed by atoms with E-state index >= 15 is 0 Å². The molecule has 1 aliphatic carbocycles. The number of benzene rings is 3. The molecule has 1 aliphatic rings. The van der Waals surface area contributed by atoms with Gasteiger partial charge in [-0.2, -0.15) is 0 Å². The fourth-order valence-electron chi connectivity index (χ4n) is 3.96. The molecule has 3 aromatic rings. The molecule has 164 valence electrons. The Balaban J connectivity index is 1.59. The SMILES string of the molecule is CCCc1ccc2c(c1)CCc1cc(C#Cc3cc(F)c(OC(F)(F)F)c(F)c3)ccc1-2. The fourth-order valence-corrected chi connectivity index (χ4v) is 3.96. The highest BCUT2D eigenvalue weighted by Crippen LogP contribution is 2.35. The van der Waals surface area contributed by atoms with Gasteiger partial charge in [-0.25, -0.2) is 8.78 Å². The maximum atomic E-state index is 13.9. The maximum Gasteiger partial charge on any atom is 0.573 e. The summed E-state index contributed by atoms with van der Waals surface area (Å²) in [6, 6.07) is 13.8. The highest BCUT2D eigenvalue weighted by Gasteiger charge is 2.34. The van der Waals surface area contributed by atoms with Gasteiger partial charge in [0.2, 0.25) is 5.75 Å². The van der Waals surface area contributed by atoms with Gasteiger partial charge in [0.15, 0.2) is 11.6 Å². The van der Waals surface area contributed by atoms with Crippen molar-refractivity contribution in [2.75, 3.05) is 0 Å². The lowest BCUT2D eigenvalue weighted by molar-refractivity contribution is -0.276. The van der Waals surface area contributed by atoms with Crippen LogP contribution in [0.4, 0.5) is 22.0 Å². The van der Waals surface area contributed by atoms with Gasteiger partial charge in [-0.15, -0.1) is 13.2 Å². The van der Waals surface area contributed by atoms with Crippen LogP contribution in [0.3, 0.4) is 0 Å². The standard InChI is InChI=1S/C26H19F5O/c1-2-3-16-6-10-21-19(12-16)8-9-20-13-17(7-11-22(20)21)4-5-18-14-23(27)25(24(28)15-18)32-26(29,30)31/h6-7,10-15H,2-3,8-9H2,1H3. The maximum absolute atomic E-state index is 13.9. The molecule has 6 heteroatoms. The van der Waals surface area contributed by atoms with Gasteiger partial charge in [-0.1, -0.05) is 49.5 Å². The van der Waals surface area contributed by atoms with E-state index in [0.717, 1.165) is 48.9 Å². The third kappa shape index (κ3) is 4.77. The van der Waals surface area contributed by atoms with Gasteiger partial charge in [0.25, 0.3) is 0 Å². The largest absolute Gasteiger partial charge is 0.573 e. The lowest BCUT2D eigenvalue weighted by Gasteiger charge is -2.21. The van der Waals surface area contributed by atoms with E-state index in [9.17, 15) is 22.0 Å². The van der Waals surface area contributed by atoms with Gasteiger partial charge < -0.3 is 4.74 Å². The number of alkyl halides is 3. The zero-order valence-corrected chi connectivity index (χ0v) is 17.2. The van der Waals surface area contributed by atoms with Crippen LogP contribution in [-0.4, -0.2) is 6.36 Å². The summed E-state index contributed by atoms with van der Waals surface area (Å²) in [6.07, 6.45) is -1.25. The van der Waals surface area contributed by atoms with E-state index in [2.05, 4.69) is 41.7 Å². The number of rotatable bonds is 3. The molecule has 0 saturated heterocycles. The molecule has 0 spiro atoms. The average molecular weight is 442 g/mol. The molecule has 0 bridgehead atoms. The van der Waals surface area contributed by atoms with Gasteiger partial charge in [0.1, 0.15) is 0 Å². The number of hydrogen-bond donors (Lipinski definition) is 0. The number of fused-ring (bicyclic) bond motifs is 3. The molecule has 0 heterocycles. The molecule has 1 nitrogen and oxygen atoms in total. The van der Waals surface area contributed by atoms with Gasteiger partial charge in [0, 0.05) is 11.1 Å².